The van der Waals surface area contributed by atoms with Gasteiger partial charge in [0.2, 0.25) is 0 Å². The summed E-state index contributed by atoms with van der Waals surface area (Å²) in [5.74, 6) is 0.965. The monoisotopic (exact) mass is 262 g/mol. The first-order valence-corrected chi connectivity index (χ1v) is 4.79. The number of hydrogen-bond donors (Lipinski definition) is 0. The van der Waals surface area contributed by atoms with Crippen molar-refractivity contribution in [1.82, 2.24) is 0 Å². The molecule has 0 atom stereocenters. The molecule has 1 aromatic rings. The average Bonchev–Trinajstić information content (AvgIpc) is 2.04. The molecule has 0 N–H and O–H groups in total. The predicted molar refractivity (Wildman–Crippen MR) is 54.9 cm³/mol. The molecule has 1 nitrogen and oxygen atoms in total. The van der Waals surface area contributed by atoms with Crippen LogP contribution in [0.2, 0.25) is 0 Å². The van der Waals surface area contributed by atoms with Crippen LogP contribution in [0.15, 0.2) is 24.3 Å². The molecule has 0 aliphatic rings. The molecule has 0 saturated heterocycles. The van der Waals surface area contributed by atoms with Gasteiger partial charge in [0.15, 0.2) is 0 Å². The van der Waals surface area contributed by atoms with Crippen molar-refractivity contribution >= 4 is 22.6 Å². The summed E-state index contributed by atoms with van der Waals surface area (Å²) in [5, 5.41) is 0. The number of rotatable bonds is 3. The van der Waals surface area contributed by atoms with Gasteiger partial charge in [0.05, 0.1) is 6.61 Å². The van der Waals surface area contributed by atoms with Crippen LogP contribution in [0.25, 0.3) is 0 Å². The van der Waals surface area contributed by atoms with Crippen LogP contribution in [0.1, 0.15) is 13.3 Å². The van der Waals surface area contributed by atoms with E-state index >= 15 is 0 Å². The molecule has 0 unspecified atom stereocenters. The van der Waals surface area contributed by atoms with E-state index in [-0.39, 0.29) is 0 Å². The summed E-state index contributed by atoms with van der Waals surface area (Å²) in [7, 11) is 0. The Hall–Kier alpha value is -0.250. The largest absolute Gasteiger partial charge is 0.494 e. The zero-order chi connectivity index (χ0) is 8.10. The Balaban J connectivity index is 2.52. The van der Waals surface area contributed by atoms with Gasteiger partial charge in [-0.05, 0) is 53.3 Å². The topological polar surface area (TPSA) is 9.23 Å². The Morgan fingerprint density at radius 2 is 1.91 bits per heavy atom. The summed E-state index contributed by atoms with van der Waals surface area (Å²) in [6.07, 6.45) is 1.06. The Kier molecular flexibility index (Phi) is 3.69. The fourth-order valence-corrected chi connectivity index (χ4v) is 1.11. The van der Waals surface area contributed by atoms with Crippen LogP contribution in [-0.2, 0) is 0 Å². The van der Waals surface area contributed by atoms with E-state index in [0.717, 1.165) is 18.8 Å². The van der Waals surface area contributed by atoms with Gasteiger partial charge in [-0.15, -0.1) is 0 Å². The average molecular weight is 262 g/mol. The molecule has 0 radical (unpaired) electrons. The van der Waals surface area contributed by atoms with Gasteiger partial charge >= 0.3 is 0 Å². The fourth-order valence-electron chi connectivity index (χ4n) is 0.751. The quantitative estimate of drug-likeness (QED) is 0.760. The van der Waals surface area contributed by atoms with Gasteiger partial charge in [0.1, 0.15) is 5.75 Å². The summed E-state index contributed by atoms with van der Waals surface area (Å²) >= 11 is 2.28. The lowest BCUT2D eigenvalue weighted by Crippen LogP contribution is -1.94. The first-order chi connectivity index (χ1) is 5.33. The lowest BCUT2D eigenvalue weighted by Gasteiger charge is -2.02. The summed E-state index contributed by atoms with van der Waals surface area (Å²) in [4.78, 5) is 0. The Bertz CT molecular complexity index is 205. The molecule has 0 amide bonds. The highest BCUT2D eigenvalue weighted by Gasteiger charge is 1.90. The minimum absolute atomic E-state index is 0.806. The minimum Gasteiger partial charge on any atom is -0.494 e. The molecule has 0 heterocycles. The third-order valence-corrected chi connectivity index (χ3v) is 2.01. The molecule has 1 rings (SSSR count). The standard InChI is InChI=1S/C9H11IO/c1-2-7-11-9-5-3-8(10)4-6-9/h3-6H,2,7H2,1H3. The van der Waals surface area contributed by atoms with Gasteiger partial charge in [-0.1, -0.05) is 6.92 Å². The van der Waals surface area contributed by atoms with E-state index in [1.807, 2.05) is 24.3 Å². The first kappa shape index (κ1) is 8.84. The molecule has 0 bridgehead atoms. The van der Waals surface area contributed by atoms with Crippen LogP contribution >= 0.6 is 22.6 Å². The third kappa shape index (κ3) is 3.10. The maximum absolute atomic E-state index is 5.41. The Labute approximate surface area is 80.9 Å². The number of halogens is 1. The van der Waals surface area contributed by atoms with Crippen LogP contribution in [0.3, 0.4) is 0 Å². The van der Waals surface area contributed by atoms with Crippen molar-refractivity contribution in [2.45, 2.75) is 13.3 Å². The van der Waals surface area contributed by atoms with Gasteiger partial charge in [-0.3, -0.25) is 0 Å². The summed E-state index contributed by atoms with van der Waals surface area (Å²) in [5.41, 5.74) is 0. The lowest BCUT2D eigenvalue weighted by molar-refractivity contribution is 0.317. The van der Waals surface area contributed by atoms with Crippen molar-refractivity contribution in [1.29, 1.82) is 0 Å². The highest BCUT2D eigenvalue weighted by Crippen LogP contribution is 2.13. The van der Waals surface area contributed by atoms with Gasteiger partial charge in [-0.2, -0.15) is 0 Å². The van der Waals surface area contributed by atoms with E-state index in [4.69, 9.17) is 4.74 Å². The van der Waals surface area contributed by atoms with Gasteiger partial charge in [-0.25, -0.2) is 0 Å². The van der Waals surface area contributed by atoms with Crippen LogP contribution in [0, 0.1) is 3.57 Å². The molecule has 0 spiro atoms. The maximum Gasteiger partial charge on any atom is 0.119 e. The molecule has 0 aliphatic carbocycles. The van der Waals surface area contributed by atoms with E-state index < -0.39 is 0 Å². The van der Waals surface area contributed by atoms with E-state index in [1.165, 1.54) is 3.57 Å². The van der Waals surface area contributed by atoms with Crippen LogP contribution in [0.4, 0.5) is 0 Å². The number of hydrogen-bond acceptors (Lipinski definition) is 1. The second-order valence-electron chi connectivity index (χ2n) is 2.30. The zero-order valence-corrected chi connectivity index (χ0v) is 8.67. The summed E-state index contributed by atoms with van der Waals surface area (Å²) in [6.45, 7) is 2.91. The molecule has 2 heteroatoms. The molecular weight excluding hydrogens is 251 g/mol. The second kappa shape index (κ2) is 4.59. The van der Waals surface area contributed by atoms with Crippen molar-refractivity contribution in [3.8, 4) is 5.75 Å². The molecule has 0 saturated carbocycles. The molecule has 0 aliphatic heterocycles. The normalized spacial score (nSPS) is 9.64. The van der Waals surface area contributed by atoms with E-state index in [9.17, 15) is 0 Å². The zero-order valence-electron chi connectivity index (χ0n) is 6.51. The maximum atomic E-state index is 5.41. The Morgan fingerprint density at radius 3 is 2.45 bits per heavy atom. The molecule has 11 heavy (non-hydrogen) atoms. The smallest absolute Gasteiger partial charge is 0.119 e. The lowest BCUT2D eigenvalue weighted by atomic mass is 10.3. The van der Waals surface area contributed by atoms with Gasteiger partial charge in [0.25, 0.3) is 0 Å². The number of benzene rings is 1. The second-order valence-corrected chi connectivity index (χ2v) is 3.55. The molecule has 0 fully saturated rings. The fraction of sp³-hybridized carbons (Fsp3) is 0.333. The third-order valence-electron chi connectivity index (χ3n) is 1.29. The number of ether oxygens (including phenoxy) is 1. The van der Waals surface area contributed by atoms with Crippen molar-refractivity contribution < 1.29 is 4.74 Å². The highest BCUT2D eigenvalue weighted by atomic mass is 127. The predicted octanol–water partition coefficient (Wildman–Crippen LogP) is 3.08. The Morgan fingerprint density at radius 1 is 1.27 bits per heavy atom. The molecule has 1 aromatic carbocycles. The van der Waals surface area contributed by atoms with Gasteiger partial charge < -0.3 is 4.74 Å². The summed E-state index contributed by atoms with van der Waals surface area (Å²) < 4.78 is 6.65. The van der Waals surface area contributed by atoms with E-state index in [1.54, 1.807) is 0 Å². The molecule has 0 aromatic heterocycles. The molecule has 60 valence electrons. The van der Waals surface area contributed by atoms with Crippen molar-refractivity contribution in [2.24, 2.45) is 0 Å². The summed E-state index contributed by atoms with van der Waals surface area (Å²) in [6, 6.07) is 8.09. The van der Waals surface area contributed by atoms with Gasteiger partial charge in [0, 0.05) is 3.57 Å². The van der Waals surface area contributed by atoms with Crippen LogP contribution < -0.4 is 4.74 Å². The van der Waals surface area contributed by atoms with Crippen LogP contribution in [-0.4, -0.2) is 6.61 Å². The van der Waals surface area contributed by atoms with E-state index in [0.29, 0.717) is 0 Å². The minimum atomic E-state index is 0.806. The van der Waals surface area contributed by atoms with Crippen LogP contribution in [0.5, 0.6) is 5.75 Å². The van der Waals surface area contributed by atoms with Crippen molar-refractivity contribution in [2.75, 3.05) is 6.61 Å². The first-order valence-electron chi connectivity index (χ1n) is 3.71. The SMILES string of the molecule is CCCOc1ccc(I)cc1. The van der Waals surface area contributed by atoms with E-state index in [2.05, 4.69) is 29.5 Å². The molecular formula is C9H11IO. The van der Waals surface area contributed by atoms with Crippen molar-refractivity contribution in [3.05, 3.63) is 27.8 Å². The van der Waals surface area contributed by atoms with Crippen molar-refractivity contribution in [3.63, 3.8) is 0 Å². The highest BCUT2D eigenvalue weighted by molar-refractivity contribution is 14.1.